The summed E-state index contributed by atoms with van der Waals surface area (Å²) < 4.78 is 20.8. The molecule has 7 rings (SSSR count). The number of thiophene rings is 1. The lowest BCUT2D eigenvalue weighted by molar-refractivity contribution is -0.157. The van der Waals surface area contributed by atoms with Crippen LogP contribution in [0.25, 0.3) is 32.6 Å². The molecule has 0 saturated heterocycles. The SMILES string of the molecule is CI.COC(=O)C12CCC(Nc3nc(-c4cn(C)c5ncc(F)cc45)nc4sccc34)(C1)C2. The number of hydrogen-bond acceptors (Lipinski definition) is 7. The summed E-state index contributed by atoms with van der Waals surface area (Å²) in [6.07, 6.45) is 6.32. The number of hydrogen-bond donors (Lipinski definition) is 1. The molecule has 0 radical (unpaired) electrons. The molecule has 4 aromatic rings. The fraction of sp³-hybridized carbons (Fsp3) is 0.391. The van der Waals surface area contributed by atoms with Crippen molar-refractivity contribution >= 4 is 67.0 Å². The number of anilines is 1. The van der Waals surface area contributed by atoms with Gasteiger partial charge in [-0.05, 0) is 48.1 Å². The van der Waals surface area contributed by atoms with E-state index in [0.717, 1.165) is 47.3 Å². The Morgan fingerprint density at radius 1 is 1.27 bits per heavy atom. The lowest BCUT2D eigenvalue weighted by Crippen LogP contribution is -2.52. The lowest BCUT2D eigenvalue weighted by atomic mass is 9.65. The second-order valence-electron chi connectivity index (χ2n) is 8.74. The van der Waals surface area contributed by atoms with Crippen molar-refractivity contribution in [3.8, 4) is 11.4 Å². The van der Waals surface area contributed by atoms with Crippen molar-refractivity contribution in [1.29, 1.82) is 0 Å². The lowest BCUT2D eigenvalue weighted by Gasteiger charge is -2.46. The Labute approximate surface area is 207 Å². The van der Waals surface area contributed by atoms with Crippen LogP contribution in [0.1, 0.15) is 25.7 Å². The number of esters is 1. The van der Waals surface area contributed by atoms with Crippen LogP contribution in [0.5, 0.6) is 0 Å². The summed E-state index contributed by atoms with van der Waals surface area (Å²) in [5.74, 6) is 0.775. The molecular weight excluding hydrogens is 556 g/mol. The highest BCUT2D eigenvalue weighted by Crippen LogP contribution is 2.63. The molecule has 33 heavy (non-hydrogen) atoms. The third-order valence-corrected chi connectivity index (χ3v) is 7.59. The van der Waals surface area contributed by atoms with Crippen LogP contribution in [-0.4, -0.2) is 43.1 Å². The first-order chi connectivity index (χ1) is 15.9. The maximum atomic E-state index is 13.9. The van der Waals surface area contributed by atoms with Gasteiger partial charge in [0.25, 0.3) is 0 Å². The quantitative estimate of drug-likeness (QED) is 0.200. The Hall–Kier alpha value is -2.34. The Morgan fingerprint density at radius 2 is 2.06 bits per heavy atom. The van der Waals surface area contributed by atoms with E-state index in [1.807, 2.05) is 34.2 Å². The van der Waals surface area contributed by atoms with Crippen molar-refractivity contribution in [1.82, 2.24) is 19.5 Å². The topological polar surface area (TPSA) is 81.9 Å². The maximum Gasteiger partial charge on any atom is 0.311 e. The zero-order valence-corrected chi connectivity index (χ0v) is 21.5. The van der Waals surface area contributed by atoms with Crippen LogP contribution < -0.4 is 5.32 Å². The minimum Gasteiger partial charge on any atom is -0.469 e. The Bertz CT molecular complexity index is 1380. The fourth-order valence-corrected chi connectivity index (χ4v) is 6.19. The van der Waals surface area contributed by atoms with E-state index in [2.05, 4.69) is 32.9 Å². The van der Waals surface area contributed by atoms with Crippen LogP contribution in [0.15, 0.2) is 29.9 Å². The van der Waals surface area contributed by atoms with Crippen molar-refractivity contribution in [2.45, 2.75) is 31.2 Å². The van der Waals surface area contributed by atoms with Gasteiger partial charge in [-0.2, -0.15) is 0 Å². The molecule has 7 nitrogen and oxygen atoms in total. The maximum absolute atomic E-state index is 13.9. The zero-order chi connectivity index (χ0) is 23.4. The molecule has 4 heterocycles. The number of rotatable bonds is 4. The molecule has 10 heteroatoms. The number of aryl methyl sites for hydroxylation is 1. The van der Waals surface area contributed by atoms with Gasteiger partial charge in [-0.15, -0.1) is 11.3 Å². The average Bonchev–Trinajstić information content (AvgIpc) is 3.56. The summed E-state index contributed by atoms with van der Waals surface area (Å²) in [6, 6.07) is 3.48. The highest BCUT2D eigenvalue weighted by atomic mass is 127. The number of carbonyl (C=O) groups excluding carboxylic acids is 1. The van der Waals surface area contributed by atoms with Crippen LogP contribution in [0.4, 0.5) is 10.2 Å². The molecule has 0 spiro atoms. The van der Waals surface area contributed by atoms with Crippen LogP contribution in [0.3, 0.4) is 0 Å². The molecule has 0 amide bonds. The molecule has 3 saturated carbocycles. The highest BCUT2D eigenvalue weighted by molar-refractivity contribution is 14.1. The van der Waals surface area contributed by atoms with Gasteiger partial charge in [0.05, 0.1) is 24.1 Å². The number of nitrogens with one attached hydrogen (secondary N) is 1. The van der Waals surface area contributed by atoms with Gasteiger partial charge in [0.1, 0.15) is 22.1 Å². The summed E-state index contributed by atoms with van der Waals surface area (Å²) in [5.41, 5.74) is 0.909. The van der Waals surface area contributed by atoms with E-state index in [1.165, 1.54) is 19.4 Å². The monoisotopic (exact) mass is 579 g/mol. The Balaban J connectivity index is 0.00000111. The van der Waals surface area contributed by atoms with Crippen LogP contribution in [-0.2, 0) is 16.6 Å². The van der Waals surface area contributed by atoms with Crippen LogP contribution in [0, 0.1) is 11.2 Å². The van der Waals surface area contributed by atoms with Crippen molar-refractivity contribution in [2.24, 2.45) is 12.5 Å². The van der Waals surface area contributed by atoms with Gasteiger partial charge in [0, 0.05) is 29.7 Å². The summed E-state index contributed by atoms with van der Waals surface area (Å²) in [5, 5.41) is 7.27. The number of ether oxygens (including phenoxy) is 1. The molecule has 1 N–H and O–H groups in total. The largest absolute Gasteiger partial charge is 0.469 e. The van der Waals surface area contributed by atoms with Crippen LogP contribution >= 0.6 is 33.9 Å². The van der Waals surface area contributed by atoms with E-state index < -0.39 is 5.82 Å². The predicted molar refractivity (Wildman–Crippen MR) is 136 cm³/mol. The van der Waals surface area contributed by atoms with Crippen molar-refractivity contribution in [3.63, 3.8) is 0 Å². The minimum atomic E-state index is -0.394. The van der Waals surface area contributed by atoms with Gasteiger partial charge in [-0.25, -0.2) is 19.3 Å². The molecule has 3 fully saturated rings. The molecule has 4 aromatic heterocycles. The van der Waals surface area contributed by atoms with Gasteiger partial charge in [0.15, 0.2) is 5.82 Å². The minimum absolute atomic E-state index is 0.114. The van der Waals surface area contributed by atoms with Crippen LogP contribution in [0.2, 0.25) is 0 Å². The summed E-state index contributed by atoms with van der Waals surface area (Å²) in [7, 11) is 3.33. The first kappa shape index (κ1) is 22.5. The second-order valence-corrected chi connectivity index (χ2v) is 9.64. The summed E-state index contributed by atoms with van der Waals surface area (Å²) in [6.45, 7) is 0. The van der Waals surface area contributed by atoms with Gasteiger partial charge < -0.3 is 14.6 Å². The van der Waals surface area contributed by atoms with E-state index in [4.69, 9.17) is 14.7 Å². The van der Waals surface area contributed by atoms with E-state index >= 15 is 0 Å². The van der Waals surface area contributed by atoms with Crippen molar-refractivity contribution in [2.75, 3.05) is 17.4 Å². The van der Waals surface area contributed by atoms with Gasteiger partial charge in [0.2, 0.25) is 0 Å². The molecule has 2 bridgehead atoms. The normalized spacial score (nSPS) is 23.2. The summed E-state index contributed by atoms with van der Waals surface area (Å²) >= 11 is 3.69. The third kappa shape index (κ3) is 3.49. The number of aromatic nitrogens is 4. The molecule has 0 atom stereocenters. The number of fused-ring (bicyclic) bond motifs is 3. The Kier molecular flexibility index (Phi) is 5.55. The predicted octanol–water partition coefficient (Wildman–Crippen LogP) is 5.33. The average molecular weight is 579 g/mol. The third-order valence-electron chi connectivity index (χ3n) is 6.78. The molecular formula is C23H23FIN5O2S. The number of alkyl halides is 1. The molecule has 0 unspecified atom stereocenters. The molecule has 3 aliphatic rings. The molecule has 0 aliphatic heterocycles. The van der Waals surface area contributed by atoms with Gasteiger partial charge in [-0.1, -0.05) is 22.6 Å². The Morgan fingerprint density at radius 3 is 2.82 bits per heavy atom. The van der Waals surface area contributed by atoms with Gasteiger partial charge in [-0.3, -0.25) is 4.79 Å². The van der Waals surface area contributed by atoms with E-state index in [1.54, 1.807) is 11.3 Å². The number of halogens is 2. The smallest absolute Gasteiger partial charge is 0.311 e. The molecule has 0 aromatic carbocycles. The fourth-order valence-electron chi connectivity index (χ4n) is 5.43. The first-order valence-electron chi connectivity index (χ1n) is 10.5. The summed E-state index contributed by atoms with van der Waals surface area (Å²) in [4.78, 5) is 28.9. The second kappa shape index (κ2) is 8.15. The first-order valence-corrected chi connectivity index (χ1v) is 13.6. The van der Waals surface area contributed by atoms with E-state index in [-0.39, 0.29) is 16.9 Å². The highest BCUT2D eigenvalue weighted by Gasteiger charge is 2.65. The van der Waals surface area contributed by atoms with Crippen molar-refractivity contribution in [3.05, 3.63) is 35.7 Å². The number of nitrogens with zero attached hydrogens (tertiary/aromatic N) is 4. The van der Waals surface area contributed by atoms with Crippen molar-refractivity contribution < 1.29 is 13.9 Å². The number of methoxy groups -OCH3 is 1. The number of pyridine rings is 1. The van der Waals surface area contributed by atoms with E-state index in [9.17, 15) is 9.18 Å². The van der Waals surface area contributed by atoms with Gasteiger partial charge >= 0.3 is 5.97 Å². The molecule has 3 aliphatic carbocycles. The zero-order valence-electron chi connectivity index (χ0n) is 18.5. The van der Waals surface area contributed by atoms with E-state index in [0.29, 0.717) is 16.9 Å². The standard InChI is InChI=1S/C22H20FN5O2S.CH3I/c1-28-9-15(14-7-12(23)8-24-18(14)28)16-25-17(13-3-6-31-19(13)26-16)27-22-5-4-21(10-22,11-22)20(29)30-2;1-2/h3,6-9H,4-5,10-11H2,1-2H3,(H,25,26,27);1H3. The molecule has 172 valence electrons. The number of carbonyl (C=O) groups is 1.